The van der Waals surface area contributed by atoms with Crippen molar-refractivity contribution in [3.63, 3.8) is 0 Å². The van der Waals surface area contributed by atoms with Crippen LogP contribution in [0.2, 0.25) is 0 Å². The summed E-state index contributed by atoms with van der Waals surface area (Å²) in [5, 5.41) is 14.6. The zero-order valence-corrected chi connectivity index (χ0v) is 12.1. The number of nitrogens with zero attached hydrogens (tertiary/aromatic N) is 2. The second-order valence-electron chi connectivity index (χ2n) is 5.17. The molecule has 6 heteroatoms. The van der Waals surface area contributed by atoms with Gasteiger partial charge in [-0.05, 0) is 19.1 Å². The van der Waals surface area contributed by atoms with Gasteiger partial charge in [-0.25, -0.2) is 9.07 Å². The van der Waals surface area contributed by atoms with Gasteiger partial charge in [0, 0.05) is 25.1 Å². The lowest BCUT2D eigenvalue weighted by Gasteiger charge is -2.29. The number of methoxy groups -OCH3 is 1. The predicted molar refractivity (Wildman–Crippen MR) is 73.8 cm³/mol. The quantitative estimate of drug-likeness (QED) is 0.923. The highest BCUT2D eigenvalue weighted by molar-refractivity contribution is 5.41. The number of aliphatic hydroxyl groups is 1. The van der Waals surface area contributed by atoms with Gasteiger partial charge in [-0.1, -0.05) is 0 Å². The molecule has 0 saturated carbocycles. The largest absolute Gasteiger partial charge is 0.485 e. The number of benzene rings is 1. The zero-order valence-electron chi connectivity index (χ0n) is 12.1. The first-order valence-electron chi connectivity index (χ1n) is 6.73. The van der Waals surface area contributed by atoms with Crippen LogP contribution in [0.4, 0.5) is 4.39 Å². The van der Waals surface area contributed by atoms with Crippen LogP contribution in [-0.2, 0) is 7.05 Å². The fraction of sp³-hybridized carbons (Fsp3) is 0.400. The van der Waals surface area contributed by atoms with Crippen molar-refractivity contribution in [3.8, 4) is 11.6 Å². The van der Waals surface area contributed by atoms with Crippen molar-refractivity contribution in [2.24, 2.45) is 7.05 Å². The third-order valence-corrected chi connectivity index (χ3v) is 3.77. The van der Waals surface area contributed by atoms with Gasteiger partial charge in [0.2, 0.25) is 5.88 Å². The van der Waals surface area contributed by atoms with Gasteiger partial charge in [-0.3, -0.25) is 0 Å². The highest BCUT2D eigenvalue weighted by Crippen LogP contribution is 2.43. The Morgan fingerprint density at radius 2 is 2.24 bits per heavy atom. The van der Waals surface area contributed by atoms with Gasteiger partial charge in [0.15, 0.2) is 0 Å². The molecule has 0 amide bonds. The Hall–Kier alpha value is -2.08. The highest BCUT2D eigenvalue weighted by atomic mass is 19.1. The molecule has 1 aromatic heterocycles. The fourth-order valence-corrected chi connectivity index (χ4v) is 2.86. The van der Waals surface area contributed by atoms with Gasteiger partial charge in [-0.2, -0.15) is 5.10 Å². The first-order chi connectivity index (χ1) is 10.0. The topological polar surface area (TPSA) is 56.5 Å². The summed E-state index contributed by atoms with van der Waals surface area (Å²) < 4.78 is 26.2. The number of aliphatic hydroxyl groups excluding tert-OH is 1. The van der Waals surface area contributed by atoms with Crippen LogP contribution in [0.3, 0.4) is 0 Å². The Morgan fingerprint density at radius 1 is 1.48 bits per heavy atom. The minimum absolute atomic E-state index is 0.365. The molecule has 1 aliphatic rings. The normalized spacial score (nSPS) is 20.8. The first-order valence-corrected chi connectivity index (χ1v) is 6.73. The van der Waals surface area contributed by atoms with Crippen molar-refractivity contribution in [2.75, 3.05) is 7.11 Å². The maximum atomic E-state index is 13.4. The maximum Gasteiger partial charge on any atom is 0.218 e. The van der Waals surface area contributed by atoms with Crippen molar-refractivity contribution in [2.45, 2.75) is 25.6 Å². The maximum absolute atomic E-state index is 13.4. The molecule has 0 bridgehead atoms. The van der Waals surface area contributed by atoms with E-state index in [0.717, 1.165) is 11.3 Å². The van der Waals surface area contributed by atoms with Gasteiger partial charge in [0.1, 0.15) is 17.7 Å². The molecule has 3 rings (SSSR count). The van der Waals surface area contributed by atoms with Crippen LogP contribution in [0.1, 0.15) is 35.4 Å². The van der Waals surface area contributed by atoms with Gasteiger partial charge >= 0.3 is 0 Å². The number of aryl methyl sites for hydroxylation is 2. The summed E-state index contributed by atoms with van der Waals surface area (Å²) in [7, 11) is 3.34. The minimum atomic E-state index is -0.705. The summed E-state index contributed by atoms with van der Waals surface area (Å²) in [6.07, 6.45) is -0.747. The van der Waals surface area contributed by atoms with Gasteiger partial charge in [-0.15, -0.1) is 0 Å². The Bertz CT molecular complexity index is 684. The monoisotopic (exact) mass is 292 g/mol. The molecule has 0 saturated heterocycles. The standard InChI is InChI=1S/C15H17FN2O3/c1-8-14(15(20-3)18(2)17-8)13-7-11(19)10-5-4-9(16)6-12(10)21-13/h4-6,11,13,19H,7H2,1-3H3/t11-,13?/m1/s1. The molecule has 0 fully saturated rings. The summed E-state index contributed by atoms with van der Waals surface area (Å²) >= 11 is 0. The van der Waals surface area contributed by atoms with Gasteiger partial charge in [0.25, 0.3) is 0 Å². The highest BCUT2D eigenvalue weighted by Gasteiger charge is 2.33. The Labute approximate surface area is 121 Å². The van der Waals surface area contributed by atoms with Gasteiger partial charge in [0.05, 0.1) is 24.5 Å². The smallest absolute Gasteiger partial charge is 0.218 e. The third kappa shape index (κ3) is 2.25. The van der Waals surface area contributed by atoms with E-state index in [0.29, 0.717) is 23.6 Å². The number of aromatic nitrogens is 2. The average molecular weight is 292 g/mol. The van der Waals surface area contributed by atoms with E-state index in [1.54, 1.807) is 24.9 Å². The van der Waals surface area contributed by atoms with E-state index in [-0.39, 0.29) is 0 Å². The van der Waals surface area contributed by atoms with Crippen molar-refractivity contribution >= 4 is 0 Å². The minimum Gasteiger partial charge on any atom is -0.485 e. The molecular weight excluding hydrogens is 275 g/mol. The van der Waals surface area contributed by atoms with Crippen molar-refractivity contribution < 1.29 is 19.0 Å². The number of ether oxygens (including phenoxy) is 2. The molecule has 0 radical (unpaired) electrons. The van der Waals surface area contributed by atoms with Crippen LogP contribution in [0.25, 0.3) is 0 Å². The Balaban J connectivity index is 2.03. The summed E-state index contributed by atoms with van der Waals surface area (Å²) in [5.41, 5.74) is 2.16. The lowest BCUT2D eigenvalue weighted by Crippen LogP contribution is -2.20. The van der Waals surface area contributed by atoms with Crippen LogP contribution in [-0.4, -0.2) is 22.0 Å². The molecule has 2 atom stereocenters. The number of fused-ring (bicyclic) bond motifs is 1. The molecule has 2 heterocycles. The molecule has 112 valence electrons. The summed E-state index contributed by atoms with van der Waals surface area (Å²) in [4.78, 5) is 0. The van der Waals surface area contributed by atoms with Crippen LogP contribution in [0.5, 0.6) is 11.6 Å². The number of rotatable bonds is 2. The van der Waals surface area contributed by atoms with Gasteiger partial charge < -0.3 is 14.6 Å². The summed E-state index contributed by atoms with van der Waals surface area (Å²) in [5.74, 6) is 0.560. The van der Waals surface area contributed by atoms with Crippen LogP contribution < -0.4 is 9.47 Å². The van der Waals surface area contributed by atoms with Crippen molar-refractivity contribution in [1.82, 2.24) is 9.78 Å². The molecule has 1 N–H and O–H groups in total. The lowest BCUT2D eigenvalue weighted by molar-refractivity contribution is 0.0637. The summed E-state index contributed by atoms with van der Waals surface area (Å²) in [6, 6.07) is 4.17. The second kappa shape index (κ2) is 5.04. The number of halogens is 1. The molecule has 1 unspecified atom stereocenters. The third-order valence-electron chi connectivity index (χ3n) is 3.77. The Kier molecular flexibility index (Phi) is 3.33. The molecule has 1 aromatic carbocycles. The zero-order chi connectivity index (χ0) is 15.1. The number of hydrogen-bond donors (Lipinski definition) is 1. The molecule has 1 aliphatic heterocycles. The predicted octanol–water partition coefficient (Wildman–Crippen LogP) is 2.43. The van der Waals surface area contributed by atoms with Crippen molar-refractivity contribution in [3.05, 3.63) is 40.8 Å². The molecule has 5 nitrogen and oxygen atoms in total. The second-order valence-corrected chi connectivity index (χ2v) is 5.17. The molecular formula is C15H17FN2O3. The van der Waals surface area contributed by atoms with E-state index in [1.165, 1.54) is 12.1 Å². The van der Waals surface area contributed by atoms with Crippen LogP contribution in [0.15, 0.2) is 18.2 Å². The molecule has 0 aliphatic carbocycles. The summed E-state index contributed by atoms with van der Waals surface area (Å²) in [6.45, 7) is 1.86. The lowest BCUT2D eigenvalue weighted by atomic mass is 9.95. The van der Waals surface area contributed by atoms with Crippen LogP contribution >= 0.6 is 0 Å². The van der Waals surface area contributed by atoms with E-state index in [2.05, 4.69) is 5.10 Å². The van der Waals surface area contributed by atoms with E-state index in [9.17, 15) is 9.50 Å². The average Bonchev–Trinajstić information content (AvgIpc) is 2.71. The van der Waals surface area contributed by atoms with E-state index < -0.39 is 18.0 Å². The molecule has 2 aromatic rings. The molecule has 0 spiro atoms. The van der Waals surface area contributed by atoms with Crippen LogP contribution in [0, 0.1) is 12.7 Å². The first kappa shape index (κ1) is 13.9. The van der Waals surface area contributed by atoms with E-state index >= 15 is 0 Å². The van der Waals surface area contributed by atoms with E-state index in [4.69, 9.17) is 9.47 Å². The Morgan fingerprint density at radius 3 is 2.95 bits per heavy atom. The van der Waals surface area contributed by atoms with Crippen molar-refractivity contribution in [1.29, 1.82) is 0 Å². The molecule has 21 heavy (non-hydrogen) atoms. The SMILES string of the molecule is COc1c(C2C[C@@H](O)c3ccc(F)cc3O2)c(C)nn1C. The number of hydrogen-bond acceptors (Lipinski definition) is 4. The van der Waals surface area contributed by atoms with E-state index in [1.807, 2.05) is 6.92 Å². The fourth-order valence-electron chi connectivity index (χ4n) is 2.86.